The van der Waals surface area contributed by atoms with Gasteiger partial charge < -0.3 is 20.1 Å². The highest BCUT2D eigenvalue weighted by molar-refractivity contribution is 6.02. The summed E-state index contributed by atoms with van der Waals surface area (Å²) in [6.07, 6.45) is -0.340. The Kier molecular flexibility index (Phi) is 5.89. The van der Waals surface area contributed by atoms with Gasteiger partial charge in [0.2, 0.25) is 0 Å². The third-order valence-corrected chi connectivity index (χ3v) is 4.04. The van der Waals surface area contributed by atoms with E-state index in [9.17, 15) is 24.6 Å². The third kappa shape index (κ3) is 4.75. The smallest absolute Gasteiger partial charge is 0.348 e. The summed E-state index contributed by atoms with van der Waals surface area (Å²) in [6.45, 7) is 4.78. The number of carboxylic acid groups (broad SMARTS) is 3. The molecule has 148 valence electrons. The highest BCUT2D eigenvalue weighted by Gasteiger charge is 2.50. The highest BCUT2D eigenvalue weighted by atomic mass is 16.6. The molecule has 0 radical (unpaired) electrons. The second-order valence-electron chi connectivity index (χ2n) is 7.41. The number of carboxylic acids is 3. The Morgan fingerprint density at radius 2 is 1.21 bits per heavy atom. The number of carbonyl (C=O) groups is 3. The molecule has 0 aliphatic carbocycles. The lowest BCUT2D eigenvalue weighted by Gasteiger charge is -2.33. The standard InChI is InChI=1S/C21H22O7/c1-20(2,3)28-21(18(24)25,19(26)27)12-13-4-6-14(7-5-13)15-8-10-16(11-9-15)17(22)23/h4-11H,12H2,1-3H3,(H,22,23)(H,24,25)(H,26,27). The molecule has 0 bridgehead atoms. The molecule has 0 aliphatic heterocycles. The Labute approximate surface area is 162 Å². The summed E-state index contributed by atoms with van der Waals surface area (Å²) in [6, 6.07) is 13.0. The molecule has 0 fully saturated rings. The molecular weight excluding hydrogens is 364 g/mol. The molecular formula is C21H22O7. The minimum Gasteiger partial charge on any atom is -0.479 e. The average Bonchev–Trinajstić information content (AvgIpc) is 2.60. The molecule has 0 saturated heterocycles. The number of ether oxygens (including phenoxy) is 1. The van der Waals surface area contributed by atoms with Crippen LogP contribution in [0.3, 0.4) is 0 Å². The van der Waals surface area contributed by atoms with E-state index in [0.717, 1.165) is 11.1 Å². The van der Waals surface area contributed by atoms with Crippen molar-refractivity contribution in [2.45, 2.75) is 38.4 Å². The van der Waals surface area contributed by atoms with E-state index in [1.165, 1.54) is 12.1 Å². The molecule has 0 saturated carbocycles. The maximum atomic E-state index is 11.8. The molecule has 0 heterocycles. The average molecular weight is 386 g/mol. The van der Waals surface area contributed by atoms with Gasteiger partial charge in [0.15, 0.2) is 0 Å². The molecule has 0 aromatic heterocycles. The topological polar surface area (TPSA) is 121 Å². The predicted octanol–water partition coefficient (Wildman–Crippen LogP) is 3.32. The number of benzene rings is 2. The van der Waals surface area contributed by atoms with E-state index in [2.05, 4.69) is 0 Å². The number of aliphatic carboxylic acids is 2. The van der Waals surface area contributed by atoms with Gasteiger partial charge in [-0.05, 0) is 49.6 Å². The van der Waals surface area contributed by atoms with Crippen molar-refractivity contribution in [3.05, 3.63) is 59.7 Å². The van der Waals surface area contributed by atoms with Crippen molar-refractivity contribution >= 4 is 17.9 Å². The molecule has 0 spiro atoms. The third-order valence-electron chi connectivity index (χ3n) is 4.04. The molecule has 2 aromatic rings. The van der Waals surface area contributed by atoms with Crippen LogP contribution in [-0.2, 0) is 20.7 Å². The second kappa shape index (κ2) is 7.82. The summed E-state index contributed by atoms with van der Waals surface area (Å²) in [7, 11) is 0. The zero-order chi connectivity index (χ0) is 21.1. The zero-order valence-electron chi connectivity index (χ0n) is 15.8. The van der Waals surface area contributed by atoms with E-state index < -0.39 is 29.1 Å². The van der Waals surface area contributed by atoms with Gasteiger partial charge in [-0.2, -0.15) is 0 Å². The largest absolute Gasteiger partial charge is 0.479 e. The van der Waals surface area contributed by atoms with Gasteiger partial charge in [-0.25, -0.2) is 14.4 Å². The van der Waals surface area contributed by atoms with Gasteiger partial charge in [0.25, 0.3) is 5.60 Å². The van der Waals surface area contributed by atoms with Crippen molar-refractivity contribution in [1.82, 2.24) is 0 Å². The van der Waals surface area contributed by atoms with E-state index in [4.69, 9.17) is 9.84 Å². The van der Waals surface area contributed by atoms with Crippen molar-refractivity contribution in [3.8, 4) is 11.1 Å². The molecule has 0 unspecified atom stereocenters. The van der Waals surface area contributed by atoms with Gasteiger partial charge in [0.1, 0.15) is 0 Å². The second-order valence-corrected chi connectivity index (χ2v) is 7.41. The molecule has 7 heteroatoms. The fourth-order valence-corrected chi connectivity index (χ4v) is 2.80. The van der Waals surface area contributed by atoms with Gasteiger partial charge in [-0.15, -0.1) is 0 Å². The summed E-state index contributed by atoms with van der Waals surface area (Å²) >= 11 is 0. The molecule has 0 aliphatic rings. The van der Waals surface area contributed by atoms with Crippen molar-refractivity contribution in [2.75, 3.05) is 0 Å². The Morgan fingerprint density at radius 3 is 1.57 bits per heavy atom. The first-order valence-corrected chi connectivity index (χ1v) is 8.54. The lowest BCUT2D eigenvalue weighted by atomic mass is 9.92. The van der Waals surface area contributed by atoms with Crippen LogP contribution in [0.2, 0.25) is 0 Å². The van der Waals surface area contributed by atoms with Gasteiger partial charge in [0.05, 0.1) is 11.2 Å². The van der Waals surface area contributed by atoms with Crippen LogP contribution in [0, 0.1) is 0 Å². The van der Waals surface area contributed by atoms with Crippen molar-refractivity contribution in [1.29, 1.82) is 0 Å². The van der Waals surface area contributed by atoms with Crippen molar-refractivity contribution in [2.24, 2.45) is 0 Å². The van der Waals surface area contributed by atoms with E-state index >= 15 is 0 Å². The van der Waals surface area contributed by atoms with Crippen LogP contribution in [-0.4, -0.2) is 44.4 Å². The monoisotopic (exact) mass is 386 g/mol. The molecule has 0 amide bonds. The van der Waals surface area contributed by atoms with E-state index in [1.807, 2.05) is 0 Å². The van der Waals surface area contributed by atoms with E-state index in [-0.39, 0.29) is 12.0 Å². The summed E-state index contributed by atoms with van der Waals surface area (Å²) in [5.74, 6) is -4.15. The zero-order valence-corrected chi connectivity index (χ0v) is 15.8. The first-order chi connectivity index (χ1) is 12.9. The summed E-state index contributed by atoms with van der Waals surface area (Å²) in [4.78, 5) is 34.5. The van der Waals surface area contributed by atoms with Gasteiger partial charge in [-0.1, -0.05) is 36.4 Å². The molecule has 3 N–H and O–H groups in total. The number of hydrogen-bond donors (Lipinski definition) is 3. The Bertz CT molecular complexity index is 860. The van der Waals surface area contributed by atoms with Crippen LogP contribution in [0.5, 0.6) is 0 Å². The van der Waals surface area contributed by atoms with E-state index in [0.29, 0.717) is 5.56 Å². The SMILES string of the molecule is CC(C)(C)OC(Cc1ccc(-c2ccc(C(=O)O)cc2)cc1)(C(=O)O)C(=O)O. The first-order valence-electron chi connectivity index (χ1n) is 8.54. The van der Waals surface area contributed by atoms with Crippen LogP contribution >= 0.6 is 0 Å². The maximum Gasteiger partial charge on any atom is 0.348 e. The number of hydrogen-bond acceptors (Lipinski definition) is 4. The normalized spacial score (nSPS) is 11.8. The molecule has 2 aromatic carbocycles. The van der Waals surface area contributed by atoms with Crippen LogP contribution in [0.4, 0.5) is 0 Å². The lowest BCUT2D eigenvalue weighted by Crippen LogP contribution is -2.54. The predicted molar refractivity (Wildman–Crippen MR) is 101 cm³/mol. The molecule has 7 nitrogen and oxygen atoms in total. The summed E-state index contributed by atoms with van der Waals surface area (Å²) in [5.41, 5.74) is -1.14. The minimum atomic E-state index is -2.40. The van der Waals surface area contributed by atoms with Crippen molar-refractivity contribution in [3.63, 3.8) is 0 Å². The van der Waals surface area contributed by atoms with Crippen molar-refractivity contribution < 1.29 is 34.4 Å². The fourth-order valence-electron chi connectivity index (χ4n) is 2.80. The molecule has 28 heavy (non-hydrogen) atoms. The number of rotatable bonds is 7. The first kappa shape index (κ1) is 21.1. The summed E-state index contributed by atoms with van der Waals surface area (Å²) < 4.78 is 5.45. The van der Waals surface area contributed by atoms with E-state index in [1.54, 1.807) is 57.2 Å². The van der Waals surface area contributed by atoms with Gasteiger partial charge in [0, 0.05) is 6.42 Å². The quantitative estimate of drug-likeness (QED) is 0.624. The maximum absolute atomic E-state index is 11.8. The number of aromatic carboxylic acids is 1. The Balaban J connectivity index is 2.31. The summed E-state index contributed by atoms with van der Waals surface area (Å²) in [5, 5.41) is 28.1. The Morgan fingerprint density at radius 1 is 0.786 bits per heavy atom. The van der Waals surface area contributed by atoms with Gasteiger partial charge in [-0.3, -0.25) is 0 Å². The van der Waals surface area contributed by atoms with Crippen LogP contribution in [0.15, 0.2) is 48.5 Å². The fraction of sp³-hybridized carbons (Fsp3) is 0.286. The molecule has 0 atom stereocenters. The van der Waals surface area contributed by atoms with Crippen LogP contribution in [0.25, 0.3) is 11.1 Å². The highest BCUT2D eigenvalue weighted by Crippen LogP contribution is 2.27. The van der Waals surface area contributed by atoms with Crippen LogP contribution < -0.4 is 0 Å². The van der Waals surface area contributed by atoms with Gasteiger partial charge >= 0.3 is 17.9 Å². The molecule has 2 rings (SSSR count). The Hall–Kier alpha value is -3.19. The van der Waals surface area contributed by atoms with Crippen LogP contribution in [0.1, 0.15) is 36.7 Å². The lowest BCUT2D eigenvalue weighted by molar-refractivity contribution is -0.199. The minimum absolute atomic E-state index is 0.174.